The molecule has 0 aliphatic carbocycles. The molecular weight excluding hydrogens is 612 g/mol. The maximum Gasteiger partial charge on any atom is 0.417 e. The number of hydrogen-bond donors (Lipinski definition) is 1. The van der Waals surface area contributed by atoms with Crippen LogP contribution in [-0.4, -0.2) is 93.5 Å². The summed E-state index contributed by atoms with van der Waals surface area (Å²) in [4.78, 5) is 22.5. The Bertz CT molecular complexity index is 1770. The topological polar surface area (TPSA) is 86.4 Å². The van der Waals surface area contributed by atoms with E-state index in [1.807, 2.05) is 18.7 Å². The molecule has 2 aromatic carbocycles. The molecule has 2 fully saturated rings. The fraction of sp³-hybridized carbons (Fsp3) is 0.452. The van der Waals surface area contributed by atoms with Gasteiger partial charge in [-0.3, -0.25) is 9.48 Å². The molecule has 4 aliphatic rings. The van der Waals surface area contributed by atoms with Crippen molar-refractivity contribution in [1.29, 1.82) is 0 Å². The van der Waals surface area contributed by atoms with Gasteiger partial charge in [0.05, 0.1) is 36.2 Å². The highest BCUT2D eigenvalue weighted by Crippen LogP contribution is 2.55. The van der Waals surface area contributed by atoms with Crippen molar-refractivity contribution in [2.45, 2.75) is 43.4 Å². The molecule has 1 spiro atoms. The predicted octanol–water partition coefficient (Wildman–Crippen LogP) is 4.47. The van der Waals surface area contributed by atoms with Gasteiger partial charge >= 0.3 is 6.18 Å². The van der Waals surface area contributed by atoms with Crippen molar-refractivity contribution in [2.75, 3.05) is 43.5 Å². The van der Waals surface area contributed by atoms with Crippen molar-refractivity contribution >= 4 is 40.1 Å². The van der Waals surface area contributed by atoms with Crippen LogP contribution in [0, 0.1) is 11.2 Å². The number of alkyl halides is 3. The van der Waals surface area contributed by atoms with E-state index < -0.39 is 29.3 Å². The molecule has 0 bridgehead atoms. The van der Waals surface area contributed by atoms with E-state index >= 15 is 17.6 Å². The summed E-state index contributed by atoms with van der Waals surface area (Å²) in [6.07, 6.45) is -3.53. The minimum Gasteiger partial charge on any atom is -0.380 e. The number of ether oxygens (including phenoxy) is 1. The molecule has 3 atom stereocenters. The van der Waals surface area contributed by atoms with Crippen LogP contribution in [-0.2, 0) is 22.8 Å². The van der Waals surface area contributed by atoms with Gasteiger partial charge in [0.1, 0.15) is 11.7 Å². The predicted molar refractivity (Wildman–Crippen MR) is 163 cm³/mol. The smallest absolute Gasteiger partial charge is 0.380 e. The zero-order valence-electron chi connectivity index (χ0n) is 24.9. The maximum atomic E-state index is 15.9. The van der Waals surface area contributed by atoms with Gasteiger partial charge in [-0.15, -0.1) is 11.8 Å². The Hall–Kier alpha value is -3.62. The largest absolute Gasteiger partial charge is 0.417 e. The number of aryl methyl sites for hydroxylation is 1. The molecule has 3 aromatic rings. The SMILES string of the molecule is C=CC(=O)N1C[C@H](C)N(C2=NC(O)N3CC4(COC4)CSc4c(-c5c(F)ccc6cnn(C)c56)c(C(F)(F)F)cc2c43)C[C@H]1C. The number of aromatic nitrogens is 2. The lowest BCUT2D eigenvalue weighted by Gasteiger charge is -2.48. The molecule has 1 amide bonds. The number of fused-ring (bicyclic) bond motifs is 1. The lowest BCUT2D eigenvalue weighted by molar-refractivity contribution is -0.137. The number of carbonyl (C=O) groups is 1. The summed E-state index contributed by atoms with van der Waals surface area (Å²) in [6, 6.07) is 3.08. The number of amides is 1. The zero-order valence-corrected chi connectivity index (χ0v) is 25.8. The van der Waals surface area contributed by atoms with Crippen molar-refractivity contribution < 1.29 is 32.2 Å². The molecule has 238 valence electrons. The molecule has 45 heavy (non-hydrogen) atoms. The Kier molecular flexibility index (Phi) is 6.99. The minimum absolute atomic E-state index is 0.192. The van der Waals surface area contributed by atoms with Crippen LogP contribution >= 0.6 is 11.8 Å². The van der Waals surface area contributed by atoms with Crippen LogP contribution in [0.25, 0.3) is 22.0 Å². The Morgan fingerprint density at radius 2 is 1.93 bits per heavy atom. The second kappa shape index (κ2) is 10.5. The number of aliphatic hydroxyl groups is 1. The molecule has 1 N–H and O–H groups in total. The van der Waals surface area contributed by atoms with Crippen LogP contribution in [0.3, 0.4) is 0 Å². The Balaban J connectivity index is 1.50. The first-order valence-electron chi connectivity index (χ1n) is 14.7. The number of piperazine rings is 1. The van der Waals surface area contributed by atoms with Gasteiger partial charge in [-0.2, -0.15) is 18.3 Å². The van der Waals surface area contributed by atoms with Gasteiger partial charge < -0.3 is 24.5 Å². The molecule has 7 rings (SSSR count). The third kappa shape index (κ3) is 4.63. The van der Waals surface area contributed by atoms with Crippen LogP contribution in [0.2, 0.25) is 0 Å². The first-order valence-corrected chi connectivity index (χ1v) is 15.6. The Morgan fingerprint density at radius 1 is 1.18 bits per heavy atom. The van der Waals surface area contributed by atoms with Gasteiger partial charge in [0.25, 0.3) is 0 Å². The summed E-state index contributed by atoms with van der Waals surface area (Å²) >= 11 is 1.23. The van der Waals surface area contributed by atoms with E-state index in [2.05, 4.69) is 16.7 Å². The third-order valence-corrected chi connectivity index (χ3v) is 10.7. The average molecular weight is 645 g/mol. The van der Waals surface area contributed by atoms with Gasteiger partial charge in [0.2, 0.25) is 12.3 Å². The number of halogens is 4. The highest BCUT2D eigenvalue weighted by molar-refractivity contribution is 7.99. The van der Waals surface area contributed by atoms with E-state index in [1.54, 1.807) is 16.8 Å². The maximum absolute atomic E-state index is 15.9. The van der Waals surface area contributed by atoms with Gasteiger partial charge in [0, 0.05) is 76.9 Å². The monoisotopic (exact) mass is 644 g/mol. The van der Waals surface area contributed by atoms with Gasteiger partial charge in [-0.25, -0.2) is 9.38 Å². The van der Waals surface area contributed by atoms with E-state index in [1.165, 1.54) is 40.8 Å². The number of benzene rings is 2. The van der Waals surface area contributed by atoms with Crippen molar-refractivity contribution in [1.82, 2.24) is 19.6 Å². The number of aliphatic imine (C=N–C) groups is 1. The third-order valence-electron chi connectivity index (χ3n) is 9.27. The number of thioether (sulfide) groups is 1. The number of aliphatic hydroxyl groups excluding tert-OH is 1. The molecule has 2 saturated heterocycles. The van der Waals surface area contributed by atoms with Crippen molar-refractivity contribution in [3.8, 4) is 11.1 Å². The zero-order chi connectivity index (χ0) is 32.0. The number of rotatable bonds is 2. The number of nitrogens with zero attached hydrogens (tertiary/aromatic N) is 6. The summed E-state index contributed by atoms with van der Waals surface area (Å²) in [5.74, 6) is -0.427. The van der Waals surface area contributed by atoms with E-state index in [-0.39, 0.29) is 57.5 Å². The molecular formula is C31H32F4N6O3S. The van der Waals surface area contributed by atoms with Crippen LogP contribution in [0.1, 0.15) is 25.0 Å². The average Bonchev–Trinajstić information content (AvgIpc) is 3.23. The van der Waals surface area contributed by atoms with Crippen LogP contribution in [0.15, 0.2) is 46.9 Å². The molecule has 0 saturated carbocycles. The fourth-order valence-electron chi connectivity index (χ4n) is 6.99. The van der Waals surface area contributed by atoms with Crippen LogP contribution in [0.4, 0.5) is 23.2 Å². The minimum atomic E-state index is -4.86. The van der Waals surface area contributed by atoms with E-state index in [9.17, 15) is 9.90 Å². The second-order valence-electron chi connectivity index (χ2n) is 12.4. The first kappa shape index (κ1) is 30.1. The Labute approximate surface area is 261 Å². The number of carbonyl (C=O) groups excluding carboxylic acids is 1. The normalized spacial score (nSPS) is 24.3. The fourth-order valence-corrected chi connectivity index (χ4v) is 8.42. The number of hydrogen-bond acceptors (Lipinski definition) is 8. The lowest BCUT2D eigenvalue weighted by atomic mass is 9.86. The summed E-state index contributed by atoms with van der Waals surface area (Å²) < 4.78 is 68.6. The summed E-state index contributed by atoms with van der Waals surface area (Å²) in [7, 11) is 1.57. The quantitative estimate of drug-likeness (QED) is 0.326. The summed E-state index contributed by atoms with van der Waals surface area (Å²) in [6.45, 7) is 8.93. The molecule has 9 nitrogen and oxygen atoms in total. The lowest BCUT2D eigenvalue weighted by Crippen LogP contribution is -2.61. The van der Waals surface area contributed by atoms with Gasteiger partial charge in [-0.05, 0) is 38.1 Å². The van der Waals surface area contributed by atoms with Crippen LogP contribution in [0.5, 0.6) is 0 Å². The first-order chi connectivity index (χ1) is 21.3. The number of amidine groups is 1. The Morgan fingerprint density at radius 3 is 2.60 bits per heavy atom. The molecule has 0 radical (unpaired) electrons. The van der Waals surface area contributed by atoms with Crippen molar-refractivity contribution in [3.63, 3.8) is 0 Å². The molecule has 1 aromatic heterocycles. The summed E-state index contributed by atoms with van der Waals surface area (Å²) in [5.41, 5.74) is -1.07. The second-order valence-corrected chi connectivity index (χ2v) is 13.4. The molecule has 4 aliphatic heterocycles. The highest BCUT2D eigenvalue weighted by Gasteiger charge is 2.49. The molecule has 1 unspecified atom stereocenters. The molecule has 5 heterocycles. The highest BCUT2D eigenvalue weighted by atomic mass is 32.2. The van der Waals surface area contributed by atoms with Gasteiger partial charge in [-0.1, -0.05) is 6.58 Å². The van der Waals surface area contributed by atoms with E-state index in [0.29, 0.717) is 43.1 Å². The van der Waals surface area contributed by atoms with Gasteiger partial charge in [0.15, 0.2) is 0 Å². The van der Waals surface area contributed by atoms with Crippen molar-refractivity contribution in [3.05, 3.63) is 54.0 Å². The standard InChI is InChI=1S/C31H32F4N6O3S/c1-5-22(42)39-10-17(3)40(11-16(39)2)28-19-8-20(31(33,34)35)23(24-21(32)7-6-18-9-36-38(4)25(18)24)27-26(19)41(29(43)37-28)12-30(15-45-27)13-44-14-30/h5-9,16-17,29,43H,1,10-15H2,2-4H3/t16-,17+,29?/m1/s1. The van der Waals surface area contributed by atoms with E-state index in [0.717, 1.165) is 6.07 Å². The van der Waals surface area contributed by atoms with E-state index in [4.69, 9.17) is 4.74 Å². The molecule has 14 heteroatoms. The number of anilines is 1. The van der Waals surface area contributed by atoms with Crippen LogP contribution < -0.4 is 4.90 Å². The van der Waals surface area contributed by atoms with Crippen molar-refractivity contribution in [2.24, 2.45) is 17.5 Å². The summed E-state index contributed by atoms with van der Waals surface area (Å²) in [5, 5.41) is 16.3.